The predicted molar refractivity (Wildman–Crippen MR) is 84.0 cm³/mol. The molecular weight excluding hydrogens is 246 g/mol. The highest BCUT2D eigenvalue weighted by molar-refractivity contribution is 5.31. The number of nitrogens with zero attached hydrogens (tertiary/aromatic N) is 2. The molecule has 0 aliphatic carbocycles. The largest absolute Gasteiger partial charge is 0.308 e. The van der Waals surface area contributed by atoms with Gasteiger partial charge < -0.3 is 5.32 Å². The van der Waals surface area contributed by atoms with Gasteiger partial charge in [-0.3, -0.25) is 0 Å². The predicted octanol–water partition coefficient (Wildman–Crippen LogP) is 3.96. The second-order valence-corrected chi connectivity index (χ2v) is 5.97. The van der Waals surface area contributed by atoms with Gasteiger partial charge in [-0.25, -0.2) is 4.68 Å². The van der Waals surface area contributed by atoms with E-state index >= 15 is 0 Å². The molecule has 108 valence electrons. The van der Waals surface area contributed by atoms with Gasteiger partial charge in [-0.2, -0.15) is 5.10 Å². The second-order valence-electron chi connectivity index (χ2n) is 5.97. The van der Waals surface area contributed by atoms with E-state index in [1.54, 1.807) is 0 Å². The lowest BCUT2D eigenvalue weighted by Gasteiger charge is -2.20. The molecule has 20 heavy (non-hydrogen) atoms. The van der Waals surface area contributed by atoms with Crippen LogP contribution in [0.25, 0.3) is 5.69 Å². The van der Waals surface area contributed by atoms with Crippen LogP contribution in [0.3, 0.4) is 0 Å². The van der Waals surface area contributed by atoms with Gasteiger partial charge in [0, 0.05) is 23.8 Å². The molecule has 0 radical (unpaired) electrons. The van der Waals surface area contributed by atoms with E-state index in [9.17, 15) is 0 Å². The molecule has 1 heterocycles. The van der Waals surface area contributed by atoms with Crippen molar-refractivity contribution in [3.05, 3.63) is 48.3 Å². The van der Waals surface area contributed by atoms with Gasteiger partial charge in [-0.1, -0.05) is 32.0 Å². The number of hydrogen-bond donors (Lipinski definition) is 1. The highest BCUT2D eigenvalue weighted by Gasteiger charge is 2.12. The molecular formula is C17H25N3. The van der Waals surface area contributed by atoms with Crippen molar-refractivity contribution in [1.82, 2.24) is 15.1 Å². The lowest BCUT2D eigenvalue weighted by molar-refractivity contribution is 0.407. The fraction of sp³-hybridized carbons (Fsp3) is 0.471. The Balaban J connectivity index is 2.01. The molecule has 0 bridgehead atoms. The van der Waals surface area contributed by atoms with E-state index in [4.69, 9.17) is 0 Å². The summed E-state index contributed by atoms with van der Waals surface area (Å²) < 4.78 is 1.93. The first-order chi connectivity index (χ1) is 9.56. The first kappa shape index (κ1) is 14.8. The van der Waals surface area contributed by atoms with Crippen LogP contribution in [-0.2, 0) is 0 Å². The standard InChI is InChI=1S/C17H25N3/c1-13(2)10-14(3)19-15(4)16-11-18-20(12-16)17-8-6-5-7-9-17/h5-9,11-15,19H,10H2,1-4H3. The minimum absolute atomic E-state index is 0.321. The summed E-state index contributed by atoms with van der Waals surface area (Å²) in [5.74, 6) is 0.719. The van der Waals surface area contributed by atoms with E-state index in [2.05, 4.69) is 56.4 Å². The van der Waals surface area contributed by atoms with Gasteiger partial charge >= 0.3 is 0 Å². The van der Waals surface area contributed by atoms with Crippen LogP contribution in [0.5, 0.6) is 0 Å². The molecule has 0 spiro atoms. The number of aromatic nitrogens is 2. The summed E-state index contributed by atoms with van der Waals surface area (Å²) >= 11 is 0. The minimum atomic E-state index is 0.321. The first-order valence-electron chi connectivity index (χ1n) is 7.42. The third kappa shape index (κ3) is 3.94. The molecule has 0 aliphatic rings. The van der Waals surface area contributed by atoms with Crippen molar-refractivity contribution in [3.8, 4) is 5.69 Å². The molecule has 0 saturated heterocycles. The Morgan fingerprint density at radius 3 is 2.45 bits per heavy atom. The normalized spacial score (nSPS) is 14.4. The highest BCUT2D eigenvalue weighted by Crippen LogP contribution is 2.16. The fourth-order valence-electron chi connectivity index (χ4n) is 2.58. The number of rotatable bonds is 6. The van der Waals surface area contributed by atoms with Crippen molar-refractivity contribution in [2.45, 2.75) is 46.2 Å². The first-order valence-corrected chi connectivity index (χ1v) is 7.42. The van der Waals surface area contributed by atoms with Crippen LogP contribution in [0, 0.1) is 5.92 Å². The van der Waals surface area contributed by atoms with Crippen molar-refractivity contribution in [2.75, 3.05) is 0 Å². The van der Waals surface area contributed by atoms with Crippen molar-refractivity contribution in [1.29, 1.82) is 0 Å². The van der Waals surface area contributed by atoms with E-state index in [1.807, 2.05) is 29.1 Å². The Morgan fingerprint density at radius 1 is 1.10 bits per heavy atom. The summed E-state index contributed by atoms with van der Waals surface area (Å²) in [4.78, 5) is 0. The van der Waals surface area contributed by atoms with Gasteiger partial charge in [0.15, 0.2) is 0 Å². The van der Waals surface area contributed by atoms with Gasteiger partial charge in [-0.15, -0.1) is 0 Å². The zero-order valence-electron chi connectivity index (χ0n) is 12.9. The molecule has 1 aromatic carbocycles. The average molecular weight is 271 g/mol. The molecule has 1 N–H and O–H groups in total. The van der Waals surface area contributed by atoms with Crippen LogP contribution in [0.1, 0.15) is 45.7 Å². The van der Waals surface area contributed by atoms with Crippen LogP contribution in [-0.4, -0.2) is 15.8 Å². The highest BCUT2D eigenvalue weighted by atomic mass is 15.3. The molecule has 0 saturated carbocycles. The maximum Gasteiger partial charge on any atom is 0.0645 e. The van der Waals surface area contributed by atoms with E-state index in [1.165, 1.54) is 12.0 Å². The number of nitrogens with one attached hydrogen (secondary N) is 1. The topological polar surface area (TPSA) is 29.9 Å². The Kier molecular flexibility index (Phi) is 4.96. The zero-order chi connectivity index (χ0) is 14.5. The third-order valence-corrected chi connectivity index (χ3v) is 3.48. The Labute approximate surface area is 122 Å². The summed E-state index contributed by atoms with van der Waals surface area (Å²) in [5.41, 5.74) is 2.32. The molecule has 3 heteroatoms. The maximum atomic E-state index is 4.45. The monoisotopic (exact) mass is 271 g/mol. The summed E-state index contributed by atoms with van der Waals surface area (Å²) in [6, 6.07) is 11.1. The molecule has 0 amide bonds. The van der Waals surface area contributed by atoms with Crippen molar-refractivity contribution in [3.63, 3.8) is 0 Å². The summed E-state index contributed by atoms with van der Waals surface area (Å²) in [6.45, 7) is 8.97. The molecule has 2 rings (SSSR count). The number of hydrogen-bond acceptors (Lipinski definition) is 2. The SMILES string of the molecule is CC(C)CC(C)NC(C)c1cnn(-c2ccccc2)c1. The fourth-order valence-corrected chi connectivity index (χ4v) is 2.58. The average Bonchev–Trinajstić information content (AvgIpc) is 2.88. The van der Waals surface area contributed by atoms with Gasteiger partial charge in [-0.05, 0) is 38.3 Å². The van der Waals surface area contributed by atoms with Crippen LogP contribution >= 0.6 is 0 Å². The van der Waals surface area contributed by atoms with Crippen molar-refractivity contribution < 1.29 is 0 Å². The molecule has 2 atom stereocenters. The van der Waals surface area contributed by atoms with Gasteiger partial charge in [0.25, 0.3) is 0 Å². The Hall–Kier alpha value is -1.61. The zero-order valence-corrected chi connectivity index (χ0v) is 12.9. The Bertz CT molecular complexity index is 516. The van der Waals surface area contributed by atoms with Gasteiger partial charge in [0.1, 0.15) is 0 Å². The summed E-state index contributed by atoms with van der Waals surface area (Å²) in [5, 5.41) is 8.09. The molecule has 0 fully saturated rings. The van der Waals surface area contributed by atoms with E-state index < -0.39 is 0 Å². The van der Waals surface area contributed by atoms with Crippen LogP contribution in [0.2, 0.25) is 0 Å². The molecule has 2 aromatic rings. The van der Waals surface area contributed by atoms with E-state index in [0.717, 1.165) is 11.6 Å². The molecule has 2 unspecified atom stereocenters. The lowest BCUT2D eigenvalue weighted by atomic mass is 10.0. The van der Waals surface area contributed by atoms with Crippen molar-refractivity contribution in [2.24, 2.45) is 5.92 Å². The lowest BCUT2D eigenvalue weighted by Crippen LogP contribution is -2.29. The van der Waals surface area contributed by atoms with E-state index in [0.29, 0.717) is 12.1 Å². The molecule has 0 aliphatic heterocycles. The maximum absolute atomic E-state index is 4.45. The molecule has 3 nitrogen and oxygen atoms in total. The second kappa shape index (κ2) is 6.71. The summed E-state index contributed by atoms with van der Waals surface area (Å²) in [7, 11) is 0. The van der Waals surface area contributed by atoms with Crippen LogP contribution in [0.15, 0.2) is 42.7 Å². The van der Waals surface area contributed by atoms with Crippen LogP contribution in [0.4, 0.5) is 0 Å². The smallest absolute Gasteiger partial charge is 0.0645 e. The van der Waals surface area contributed by atoms with Gasteiger partial charge in [0.05, 0.1) is 11.9 Å². The van der Waals surface area contributed by atoms with E-state index in [-0.39, 0.29) is 0 Å². The molecule has 1 aromatic heterocycles. The third-order valence-electron chi connectivity index (χ3n) is 3.48. The quantitative estimate of drug-likeness (QED) is 0.862. The number of para-hydroxylation sites is 1. The van der Waals surface area contributed by atoms with Crippen LogP contribution < -0.4 is 5.32 Å². The Morgan fingerprint density at radius 2 is 1.80 bits per heavy atom. The van der Waals surface area contributed by atoms with Crippen molar-refractivity contribution >= 4 is 0 Å². The number of benzene rings is 1. The van der Waals surface area contributed by atoms with Gasteiger partial charge in [0.2, 0.25) is 0 Å². The minimum Gasteiger partial charge on any atom is -0.308 e. The summed E-state index contributed by atoms with van der Waals surface area (Å²) in [6.07, 6.45) is 5.25.